The summed E-state index contributed by atoms with van der Waals surface area (Å²) in [5.41, 5.74) is 0.823. The Morgan fingerprint density at radius 1 is 1.16 bits per heavy atom. The second kappa shape index (κ2) is 10.8. The van der Waals surface area contributed by atoms with Gasteiger partial charge in [-0.3, -0.25) is 9.59 Å². The van der Waals surface area contributed by atoms with Crippen LogP contribution < -0.4 is 10.1 Å². The summed E-state index contributed by atoms with van der Waals surface area (Å²) in [5.74, 6) is 0.942. The maximum Gasteiger partial charge on any atom is 0.264 e. The summed E-state index contributed by atoms with van der Waals surface area (Å²) in [5, 5.41) is 3.72. The first-order chi connectivity index (χ1) is 15.0. The van der Waals surface area contributed by atoms with Gasteiger partial charge in [0.15, 0.2) is 5.82 Å². The van der Waals surface area contributed by atoms with Gasteiger partial charge in [-0.1, -0.05) is 0 Å². The van der Waals surface area contributed by atoms with Gasteiger partial charge in [-0.15, -0.1) is 11.3 Å². The Kier molecular flexibility index (Phi) is 8.16. The molecule has 1 fully saturated rings. The number of amides is 2. The fraction of sp³-hybridized carbons (Fsp3) is 0.619. The summed E-state index contributed by atoms with van der Waals surface area (Å²) in [6.07, 6.45) is 2.11. The monoisotopic (exact) mass is 450 g/mol. The van der Waals surface area contributed by atoms with Crippen molar-refractivity contribution in [3.8, 4) is 5.88 Å². The van der Waals surface area contributed by atoms with Crippen molar-refractivity contribution in [1.29, 1.82) is 0 Å². The lowest BCUT2D eigenvalue weighted by atomic mass is 9.95. The predicted octanol–water partition coefficient (Wildman–Crippen LogP) is 2.16. The van der Waals surface area contributed by atoms with Crippen molar-refractivity contribution in [3.05, 3.63) is 16.3 Å². The van der Waals surface area contributed by atoms with Gasteiger partial charge in [-0.25, -0.2) is 4.98 Å². The molecular formula is C21H30N4O5S. The molecule has 10 heteroatoms. The van der Waals surface area contributed by atoms with Crippen molar-refractivity contribution < 1.29 is 23.8 Å². The number of carbonyl (C=O) groups is 2. The minimum atomic E-state index is -0.0577. The van der Waals surface area contributed by atoms with Crippen molar-refractivity contribution in [2.75, 3.05) is 47.6 Å². The van der Waals surface area contributed by atoms with Gasteiger partial charge in [0.2, 0.25) is 11.8 Å². The Balaban J connectivity index is 1.68. The number of rotatable bonds is 9. The van der Waals surface area contributed by atoms with Crippen molar-refractivity contribution in [3.63, 3.8) is 0 Å². The van der Waals surface area contributed by atoms with Gasteiger partial charge in [0.1, 0.15) is 11.4 Å². The van der Waals surface area contributed by atoms with E-state index in [0.717, 1.165) is 17.4 Å². The zero-order chi connectivity index (χ0) is 22.4. The van der Waals surface area contributed by atoms with Crippen LogP contribution in [-0.4, -0.2) is 74.3 Å². The van der Waals surface area contributed by atoms with E-state index in [-0.39, 0.29) is 24.3 Å². The van der Waals surface area contributed by atoms with Gasteiger partial charge in [-0.2, -0.15) is 4.98 Å². The molecule has 2 aromatic rings. The maximum absolute atomic E-state index is 13.2. The lowest BCUT2D eigenvalue weighted by molar-refractivity contribution is -0.126. The molecule has 1 aliphatic rings. The standard InChI is InChI=1S/C21H30N4O5S/c1-13-16-19(30-4)23-15(12-29-3)24-20(16)31-17(13)21(27)25-9-6-14(7-10-25)18(26)22-8-5-11-28-2/h14H,5-12H2,1-4H3,(H,22,26). The van der Waals surface area contributed by atoms with Crippen molar-refractivity contribution >= 4 is 33.4 Å². The Morgan fingerprint density at radius 3 is 2.55 bits per heavy atom. The first kappa shape index (κ1) is 23.4. The highest BCUT2D eigenvalue weighted by atomic mass is 32.1. The number of fused-ring (bicyclic) bond motifs is 1. The van der Waals surface area contributed by atoms with Gasteiger partial charge < -0.3 is 24.4 Å². The number of hydrogen-bond acceptors (Lipinski definition) is 8. The minimum Gasteiger partial charge on any atom is -0.480 e. The van der Waals surface area contributed by atoms with E-state index in [1.165, 1.54) is 11.3 Å². The summed E-state index contributed by atoms with van der Waals surface area (Å²) < 4.78 is 15.6. The Labute approximate surface area is 186 Å². The largest absolute Gasteiger partial charge is 0.480 e. The topological polar surface area (TPSA) is 103 Å². The van der Waals surface area contributed by atoms with E-state index in [1.807, 2.05) is 11.8 Å². The molecule has 0 bridgehead atoms. The van der Waals surface area contributed by atoms with E-state index in [1.54, 1.807) is 21.3 Å². The smallest absolute Gasteiger partial charge is 0.264 e. The summed E-state index contributed by atoms with van der Waals surface area (Å²) in [7, 11) is 4.79. The van der Waals surface area contributed by atoms with Crippen LogP contribution in [0, 0.1) is 12.8 Å². The average molecular weight is 451 g/mol. The molecule has 3 heterocycles. The number of hydrogen-bond donors (Lipinski definition) is 1. The number of ether oxygens (including phenoxy) is 3. The molecule has 3 rings (SSSR count). The number of nitrogens with one attached hydrogen (secondary N) is 1. The van der Waals surface area contributed by atoms with Crippen molar-refractivity contribution in [2.45, 2.75) is 32.8 Å². The molecule has 0 unspecified atom stereocenters. The van der Waals surface area contributed by atoms with Crippen LogP contribution in [0.3, 0.4) is 0 Å². The predicted molar refractivity (Wildman–Crippen MR) is 118 cm³/mol. The van der Waals surface area contributed by atoms with Crippen LogP contribution in [0.1, 0.15) is 40.3 Å². The fourth-order valence-corrected chi connectivity index (χ4v) is 4.91. The highest BCUT2D eigenvalue weighted by molar-refractivity contribution is 7.20. The first-order valence-electron chi connectivity index (χ1n) is 10.4. The lowest BCUT2D eigenvalue weighted by Crippen LogP contribution is -2.43. The van der Waals surface area contributed by atoms with Crippen LogP contribution in [0.5, 0.6) is 5.88 Å². The van der Waals surface area contributed by atoms with Crippen LogP contribution in [0.15, 0.2) is 0 Å². The molecule has 1 N–H and O–H groups in total. The molecule has 31 heavy (non-hydrogen) atoms. The molecule has 0 aromatic carbocycles. The summed E-state index contributed by atoms with van der Waals surface area (Å²) in [6.45, 7) is 4.52. The third-order valence-electron chi connectivity index (χ3n) is 5.44. The molecule has 9 nitrogen and oxygen atoms in total. The summed E-state index contributed by atoms with van der Waals surface area (Å²) in [6, 6.07) is 0. The number of nitrogens with zero attached hydrogens (tertiary/aromatic N) is 3. The highest BCUT2D eigenvalue weighted by Gasteiger charge is 2.30. The van der Waals surface area contributed by atoms with E-state index in [0.29, 0.717) is 60.5 Å². The molecule has 0 atom stereocenters. The number of aryl methyl sites for hydroxylation is 1. The van der Waals surface area contributed by atoms with E-state index < -0.39 is 0 Å². The molecule has 0 saturated carbocycles. The molecule has 2 amide bonds. The molecule has 2 aromatic heterocycles. The normalized spacial score (nSPS) is 14.8. The number of carbonyl (C=O) groups excluding carboxylic acids is 2. The van der Waals surface area contributed by atoms with Crippen LogP contribution in [0.2, 0.25) is 0 Å². The number of methoxy groups -OCH3 is 3. The third-order valence-corrected chi connectivity index (χ3v) is 6.62. The zero-order valence-corrected chi connectivity index (χ0v) is 19.3. The second-order valence-corrected chi connectivity index (χ2v) is 8.52. The van der Waals surface area contributed by atoms with E-state index in [2.05, 4.69) is 15.3 Å². The number of thiophene rings is 1. The Hall–Kier alpha value is -2.30. The molecule has 0 radical (unpaired) electrons. The van der Waals surface area contributed by atoms with E-state index in [9.17, 15) is 9.59 Å². The SMILES string of the molecule is COCCCNC(=O)C1CCN(C(=O)c2sc3nc(COC)nc(OC)c3c2C)CC1. The van der Waals surface area contributed by atoms with E-state index >= 15 is 0 Å². The quantitative estimate of drug-likeness (QED) is 0.584. The highest BCUT2D eigenvalue weighted by Crippen LogP contribution is 2.36. The van der Waals surface area contributed by atoms with Gasteiger partial charge in [-0.05, 0) is 31.7 Å². The van der Waals surface area contributed by atoms with Gasteiger partial charge in [0.25, 0.3) is 5.91 Å². The zero-order valence-electron chi connectivity index (χ0n) is 18.5. The number of piperidine rings is 1. The summed E-state index contributed by atoms with van der Waals surface area (Å²) >= 11 is 1.35. The molecular weight excluding hydrogens is 420 g/mol. The summed E-state index contributed by atoms with van der Waals surface area (Å²) in [4.78, 5) is 37.7. The van der Waals surface area contributed by atoms with Gasteiger partial charge in [0, 0.05) is 46.4 Å². The van der Waals surface area contributed by atoms with Crippen LogP contribution in [0.25, 0.3) is 10.2 Å². The van der Waals surface area contributed by atoms with Crippen molar-refractivity contribution in [2.24, 2.45) is 5.92 Å². The average Bonchev–Trinajstić information content (AvgIpc) is 3.12. The maximum atomic E-state index is 13.2. The molecule has 0 spiro atoms. The Bertz CT molecular complexity index is 924. The number of likely N-dealkylation sites (tertiary alicyclic amines) is 1. The fourth-order valence-electron chi connectivity index (χ4n) is 3.75. The number of aromatic nitrogens is 2. The second-order valence-electron chi connectivity index (χ2n) is 7.52. The molecule has 170 valence electrons. The van der Waals surface area contributed by atoms with Gasteiger partial charge in [0.05, 0.1) is 17.4 Å². The van der Waals surface area contributed by atoms with Crippen molar-refractivity contribution in [1.82, 2.24) is 20.2 Å². The Morgan fingerprint density at radius 2 is 1.90 bits per heavy atom. The third kappa shape index (κ3) is 5.31. The van der Waals surface area contributed by atoms with E-state index in [4.69, 9.17) is 14.2 Å². The van der Waals surface area contributed by atoms with Crippen LogP contribution in [-0.2, 0) is 20.9 Å². The molecule has 1 saturated heterocycles. The minimum absolute atomic E-state index is 0.0326. The van der Waals surface area contributed by atoms with Crippen LogP contribution >= 0.6 is 11.3 Å². The molecule has 0 aliphatic carbocycles. The first-order valence-corrected chi connectivity index (χ1v) is 11.2. The lowest BCUT2D eigenvalue weighted by Gasteiger charge is -2.31. The van der Waals surface area contributed by atoms with Gasteiger partial charge >= 0.3 is 0 Å². The molecule has 1 aliphatic heterocycles. The van der Waals surface area contributed by atoms with Crippen LogP contribution in [0.4, 0.5) is 0 Å².